The molecule has 2 aliphatic heterocycles. The number of aliphatic hydroxyl groups excluding tert-OH is 1. The van der Waals surface area contributed by atoms with E-state index in [4.69, 9.17) is 5.11 Å². The molecule has 6 atom stereocenters. The number of amides is 2. The Kier molecular flexibility index (Phi) is 8.10. The van der Waals surface area contributed by atoms with Crippen LogP contribution in [-0.2, 0) is 9.59 Å². The number of rotatable bonds is 8. The van der Waals surface area contributed by atoms with Gasteiger partial charge in [-0.15, -0.1) is 0 Å². The molecule has 1 aromatic rings. The number of hydrogen-bond donors (Lipinski definition) is 3. The number of carbonyl (C=O) groups is 2. The number of unbranched alkanes of at least 4 members (excludes halogenated alkanes) is 2. The van der Waals surface area contributed by atoms with Crippen LogP contribution < -0.4 is 10.6 Å². The lowest BCUT2D eigenvalue weighted by atomic mass is 9.75. The molecule has 1 unspecified atom stereocenters. The van der Waals surface area contributed by atoms with E-state index in [1.807, 2.05) is 0 Å². The van der Waals surface area contributed by atoms with Gasteiger partial charge in [-0.25, -0.2) is 0 Å². The fraction of sp³-hybridized carbons (Fsp3) is 0.600. The molecule has 2 aliphatic carbocycles. The first-order valence-electron chi connectivity index (χ1n) is 14.1. The molecular weight excluding hydrogens is 450 g/mol. The number of aliphatic hydroxyl groups is 1. The van der Waals surface area contributed by atoms with Gasteiger partial charge in [0.25, 0.3) is 0 Å². The van der Waals surface area contributed by atoms with Gasteiger partial charge in [-0.2, -0.15) is 0 Å². The van der Waals surface area contributed by atoms with Crippen LogP contribution in [0.4, 0.5) is 5.69 Å². The average Bonchev–Trinajstić information content (AvgIpc) is 3.37. The summed E-state index contributed by atoms with van der Waals surface area (Å²) < 4.78 is 0. The van der Waals surface area contributed by atoms with Crippen LogP contribution in [0.2, 0.25) is 0 Å². The van der Waals surface area contributed by atoms with Gasteiger partial charge in [0.15, 0.2) is 0 Å². The van der Waals surface area contributed by atoms with E-state index >= 15 is 0 Å². The van der Waals surface area contributed by atoms with Crippen LogP contribution in [0.5, 0.6) is 0 Å². The summed E-state index contributed by atoms with van der Waals surface area (Å²) in [6.07, 6.45) is 17.5. The molecule has 1 aromatic carbocycles. The van der Waals surface area contributed by atoms with Crippen molar-refractivity contribution in [3.63, 3.8) is 0 Å². The van der Waals surface area contributed by atoms with Gasteiger partial charge in [0, 0.05) is 49.2 Å². The normalized spacial score (nSPS) is 30.9. The first-order valence-corrected chi connectivity index (χ1v) is 14.1. The maximum Gasteiger partial charge on any atom is 0.228 e. The molecule has 36 heavy (non-hydrogen) atoms. The maximum atomic E-state index is 14.1. The number of anilines is 1. The standard InChI is InChI=1S/C30H41N3O3/c34-20-10-2-5-17-27(35)31-26-16-9-7-14-23(26)30(36)33-19-18-24-28(21-11-3-1-4-12-21)32-25-15-8-6-13-22(25)29(24)33/h1,3-4,6,8,11,13,15,21,23-24,26,28-29,32,34H,2,5,7,9-10,12,14,16-20H2,(H,31,35)/t21?,23-,24+,26+,28-,29-/m0/s1. The van der Waals surface area contributed by atoms with Gasteiger partial charge in [0.05, 0.1) is 12.0 Å². The third kappa shape index (κ3) is 5.24. The molecule has 6 nitrogen and oxygen atoms in total. The predicted octanol–water partition coefficient (Wildman–Crippen LogP) is 4.73. The lowest BCUT2D eigenvalue weighted by Gasteiger charge is -2.44. The lowest BCUT2D eigenvalue weighted by Crippen LogP contribution is -2.51. The predicted molar refractivity (Wildman–Crippen MR) is 142 cm³/mol. The van der Waals surface area contributed by atoms with Crippen LogP contribution in [0.25, 0.3) is 0 Å². The third-order valence-electron chi connectivity index (χ3n) is 8.76. The molecule has 0 aromatic heterocycles. The Labute approximate surface area is 215 Å². The highest BCUT2D eigenvalue weighted by atomic mass is 16.3. The molecule has 5 rings (SSSR count). The molecule has 0 radical (unpaired) electrons. The molecule has 1 saturated carbocycles. The zero-order valence-electron chi connectivity index (χ0n) is 21.3. The van der Waals surface area contributed by atoms with Gasteiger partial charge in [-0.05, 0) is 50.2 Å². The van der Waals surface area contributed by atoms with Crippen LogP contribution in [0.15, 0.2) is 48.6 Å². The summed E-state index contributed by atoms with van der Waals surface area (Å²) in [7, 11) is 0. The second-order valence-corrected chi connectivity index (χ2v) is 11.0. The summed E-state index contributed by atoms with van der Waals surface area (Å²) in [6.45, 7) is 0.956. The van der Waals surface area contributed by atoms with Crippen molar-refractivity contribution in [1.29, 1.82) is 0 Å². The summed E-state index contributed by atoms with van der Waals surface area (Å²) in [4.78, 5) is 29.0. The number of para-hydroxylation sites is 1. The number of nitrogens with one attached hydrogen (secondary N) is 2. The SMILES string of the molecule is O=C(CCCCCO)N[C@@H]1CCCC[C@@H]1C(=O)N1CC[C@@H]2[C@H](C3C=CC=CC3)Nc3ccccc3[C@@H]21. The minimum absolute atomic E-state index is 0.0429. The van der Waals surface area contributed by atoms with Crippen LogP contribution in [0.1, 0.15) is 75.8 Å². The summed E-state index contributed by atoms with van der Waals surface area (Å²) in [5.41, 5.74) is 2.39. The highest BCUT2D eigenvalue weighted by Crippen LogP contribution is 2.49. The van der Waals surface area contributed by atoms with Crippen molar-refractivity contribution in [1.82, 2.24) is 10.2 Å². The molecule has 0 spiro atoms. The van der Waals surface area contributed by atoms with Crippen molar-refractivity contribution in [2.75, 3.05) is 18.5 Å². The summed E-state index contributed by atoms with van der Waals surface area (Å²) in [5, 5.41) is 16.0. The molecule has 3 N–H and O–H groups in total. The van der Waals surface area contributed by atoms with Gasteiger partial charge in [0.2, 0.25) is 11.8 Å². The minimum atomic E-state index is -0.142. The van der Waals surface area contributed by atoms with Gasteiger partial charge in [-0.3, -0.25) is 9.59 Å². The molecule has 194 valence electrons. The first-order chi connectivity index (χ1) is 17.7. The van der Waals surface area contributed by atoms with Crippen molar-refractivity contribution >= 4 is 17.5 Å². The Morgan fingerprint density at radius 1 is 1.06 bits per heavy atom. The maximum absolute atomic E-state index is 14.1. The fourth-order valence-corrected chi connectivity index (χ4v) is 6.97. The van der Waals surface area contributed by atoms with E-state index in [2.05, 4.69) is 64.1 Å². The van der Waals surface area contributed by atoms with Crippen LogP contribution in [-0.4, -0.2) is 47.1 Å². The van der Waals surface area contributed by atoms with Gasteiger partial charge in [-0.1, -0.05) is 61.8 Å². The first kappa shape index (κ1) is 25.1. The van der Waals surface area contributed by atoms with E-state index < -0.39 is 0 Å². The largest absolute Gasteiger partial charge is 0.396 e. The Bertz CT molecular complexity index is 989. The number of allylic oxidation sites excluding steroid dienone is 3. The number of hydrogen-bond acceptors (Lipinski definition) is 4. The molecule has 2 fully saturated rings. The molecule has 4 aliphatic rings. The van der Waals surface area contributed by atoms with Gasteiger partial charge >= 0.3 is 0 Å². The molecule has 6 heteroatoms. The monoisotopic (exact) mass is 491 g/mol. The second kappa shape index (κ2) is 11.6. The number of benzene rings is 1. The Balaban J connectivity index is 1.33. The van der Waals surface area contributed by atoms with Crippen LogP contribution in [0.3, 0.4) is 0 Å². The molecule has 2 heterocycles. The average molecular weight is 492 g/mol. The lowest BCUT2D eigenvalue weighted by molar-refractivity contribution is -0.139. The number of nitrogens with zero attached hydrogens (tertiary/aromatic N) is 1. The zero-order chi connectivity index (χ0) is 24.9. The topological polar surface area (TPSA) is 81.7 Å². The Hall–Kier alpha value is -2.60. The molecule has 2 amide bonds. The summed E-state index contributed by atoms with van der Waals surface area (Å²) in [5.74, 6) is 0.937. The quantitative estimate of drug-likeness (QED) is 0.459. The van der Waals surface area contributed by atoms with E-state index in [9.17, 15) is 9.59 Å². The van der Waals surface area contributed by atoms with Gasteiger partial charge in [0.1, 0.15) is 0 Å². The van der Waals surface area contributed by atoms with Crippen molar-refractivity contribution < 1.29 is 14.7 Å². The van der Waals surface area contributed by atoms with Gasteiger partial charge < -0.3 is 20.6 Å². The van der Waals surface area contributed by atoms with E-state index in [1.165, 1.54) is 5.56 Å². The second-order valence-electron chi connectivity index (χ2n) is 11.0. The molecule has 1 saturated heterocycles. The number of likely N-dealkylation sites (tertiary alicyclic amines) is 1. The minimum Gasteiger partial charge on any atom is -0.396 e. The number of carbonyl (C=O) groups excluding carboxylic acids is 2. The summed E-state index contributed by atoms with van der Waals surface area (Å²) in [6, 6.07) is 8.83. The fourth-order valence-electron chi connectivity index (χ4n) is 6.97. The van der Waals surface area contributed by atoms with E-state index in [0.717, 1.165) is 70.0 Å². The van der Waals surface area contributed by atoms with Crippen LogP contribution >= 0.6 is 0 Å². The van der Waals surface area contributed by atoms with Crippen molar-refractivity contribution in [2.24, 2.45) is 17.8 Å². The van der Waals surface area contributed by atoms with Crippen molar-refractivity contribution in [3.8, 4) is 0 Å². The van der Waals surface area contributed by atoms with Crippen molar-refractivity contribution in [3.05, 3.63) is 54.1 Å². The Morgan fingerprint density at radius 3 is 2.75 bits per heavy atom. The smallest absolute Gasteiger partial charge is 0.228 e. The molecule has 0 bridgehead atoms. The van der Waals surface area contributed by atoms with Crippen molar-refractivity contribution in [2.45, 2.75) is 82.3 Å². The van der Waals surface area contributed by atoms with E-state index in [1.54, 1.807) is 0 Å². The highest BCUT2D eigenvalue weighted by Gasteiger charge is 2.49. The molecular formula is C30H41N3O3. The Morgan fingerprint density at radius 2 is 1.92 bits per heavy atom. The number of fused-ring (bicyclic) bond motifs is 3. The summed E-state index contributed by atoms with van der Waals surface area (Å²) >= 11 is 0. The van der Waals surface area contributed by atoms with E-state index in [-0.39, 0.29) is 36.4 Å². The van der Waals surface area contributed by atoms with E-state index in [0.29, 0.717) is 24.3 Å². The zero-order valence-corrected chi connectivity index (χ0v) is 21.3. The third-order valence-corrected chi connectivity index (χ3v) is 8.76. The van der Waals surface area contributed by atoms with Crippen LogP contribution in [0, 0.1) is 17.8 Å². The highest BCUT2D eigenvalue weighted by molar-refractivity contribution is 5.83.